The summed E-state index contributed by atoms with van der Waals surface area (Å²) in [6, 6.07) is 0.570. The van der Waals surface area contributed by atoms with Crippen molar-refractivity contribution in [2.24, 2.45) is 0 Å². The quantitative estimate of drug-likeness (QED) is 0.810. The lowest BCUT2D eigenvalue weighted by molar-refractivity contribution is -0.147. The Kier molecular flexibility index (Phi) is 5.22. The molecule has 6 heteroatoms. The highest BCUT2D eigenvalue weighted by Crippen LogP contribution is 2.36. The molecule has 1 unspecified atom stereocenters. The average molecular weight is 297 g/mol. The minimum atomic E-state index is -0.165. The van der Waals surface area contributed by atoms with E-state index >= 15 is 0 Å². The lowest BCUT2D eigenvalue weighted by Crippen LogP contribution is -2.54. The molecule has 2 amide bonds. The first-order valence-electron chi connectivity index (χ1n) is 7.74. The summed E-state index contributed by atoms with van der Waals surface area (Å²) < 4.78 is 6.08. The van der Waals surface area contributed by atoms with Gasteiger partial charge in [0.1, 0.15) is 0 Å². The summed E-state index contributed by atoms with van der Waals surface area (Å²) in [5.74, 6) is -0.165. The monoisotopic (exact) mass is 297 g/mol. The standard InChI is InChI=1S/C15H27N3O3/c1-12(19)16-11-14(20)18-7-5-15(6-8-18)10-13(17(2)3)4-9-21-15/h13H,4-11H2,1-3H3,(H,16,19). The molecule has 1 atom stereocenters. The number of likely N-dealkylation sites (tertiary alicyclic amines) is 1. The zero-order chi connectivity index (χ0) is 15.5. The first-order valence-corrected chi connectivity index (χ1v) is 7.74. The second-order valence-corrected chi connectivity index (χ2v) is 6.43. The Morgan fingerprint density at radius 3 is 2.57 bits per heavy atom. The van der Waals surface area contributed by atoms with Crippen molar-refractivity contribution in [3.8, 4) is 0 Å². The van der Waals surface area contributed by atoms with E-state index in [1.165, 1.54) is 6.92 Å². The Balaban J connectivity index is 1.84. The molecule has 0 radical (unpaired) electrons. The zero-order valence-corrected chi connectivity index (χ0v) is 13.4. The molecule has 2 saturated heterocycles. The van der Waals surface area contributed by atoms with Crippen molar-refractivity contribution in [1.82, 2.24) is 15.1 Å². The number of nitrogens with zero attached hydrogens (tertiary/aromatic N) is 2. The van der Waals surface area contributed by atoms with Crippen molar-refractivity contribution in [3.05, 3.63) is 0 Å². The Labute approximate surface area is 126 Å². The van der Waals surface area contributed by atoms with Gasteiger partial charge in [-0.3, -0.25) is 9.59 Å². The zero-order valence-electron chi connectivity index (χ0n) is 13.4. The van der Waals surface area contributed by atoms with E-state index in [4.69, 9.17) is 4.74 Å². The van der Waals surface area contributed by atoms with Crippen LogP contribution < -0.4 is 5.32 Å². The van der Waals surface area contributed by atoms with Crippen molar-refractivity contribution >= 4 is 11.8 Å². The van der Waals surface area contributed by atoms with Crippen LogP contribution in [0.3, 0.4) is 0 Å². The fraction of sp³-hybridized carbons (Fsp3) is 0.867. The molecule has 120 valence electrons. The summed E-state index contributed by atoms with van der Waals surface area (Å²) in [6.07, 6.45) is 3.92. The number of ether oxygens (including phenoxy) is 1. The van der Waals surface area contributed by atoms with E-state index in [0.717, 1.165) is 45.4 Å². The molecular formula is C15H27N3O3. The smallest absolute Gasteiger partial charge is 0.241 e. The lowest BCUT2D eigenvalue weighted by Gasteiger charge is -2.47. The van der Waals surface area contributed by atoms with Crippen molar-refractivity contribution in [2.75, 3.05) is 40.3 Å². The normalized spacial score (nSPS) is 25.1. The highest BCUT2D eigenvalue weighted by Gasteiger charge is 2.41. The summed E-state index contributed by atoms with van der Waals surface area (Å²) >= 11 is 0. The van der Waals surface area contributed by atoms with Crippen LogP contribution in [0.1, 0.15) is 32.6 Å². The van der Waals surface area contributed by atoms with Gasteiger partial charge in [0.05, 0.1) is 12.1 Å². The van der Waals surface area contributed by atoms with Gasteiger partial charge in [0.15, 0.2) is 0 Å². The van der Waals surface area contributed by atoms with Gasteiger partial charge >= 0.3 is 0 Å². The van der Waals surface area contributed by atoms with Crippen molar-refractivity contribution in [2.45, 2.75) is 44.2 Å². The highest BCUT2D eigenvalue weighted by molar-refractivity contribution is 5.83. The number of carbonyl (C=O) groups excluding carboxylic acids is 2. The Hall–Kier alpha value is -1.14. The van der Waals surface area contributed by atoms with Crippen molar-refractivity contribution < 1.29 is 14.3 Å². The van der Waals surface area contributed by atoms with Crippen LogP contribution in [0.4, 0.5) is 0 Å². The molecule has 0 aromatic rings. The Morgan fingerprint density at radius 2 is 2.00 bits per heavy atom. The van der Waals surface area contributed by atoms with Gasteiger partial charge in [0, 0.05) is 32.7 Å². The number of amides is 2. The predicted molar refractivity (Wildman–Crippen MR) is 79.9 cm³/mol. The minimum absolute atomic E-state index is 0.0000176. The Morgan fingerprint density at radius 1 is 1.33 bits per heavy atom. The van der Waals surface area contributed by atoms with Gasteiger partial charge in [0.2, 0.25) is 11.8 Å². The molecule has 2 aliphatic heterocycles. The van der Waals surface area contributed by atoms with Crippen LogP contribution in [0.25, 0.3) is 0 Å². The van der Waals surface area contributed by atoms with E-state index in [9.17, 15) is 9.59 Å². The van der Waals surface area contributed by atoms with Crippen LogP contribution in [-0.4, -0.2) is 73.6 Å². The van der Waals surface area contributed by atoms with E-state index in [-0.39, 0.29) is 24.0 Å². The maximum Gasteiger partial charge on any atom is 0.241 e. The third-order valence-corrected chi connectivity index (χ3v) is 4.71. The number of rotatable bonds is 3. The van der Waals surface area contributed by atoms with Crippen LogP contribution >= 0.6 is 0 Å². The number of hydrogen-bond acceptors (Lipinski definition) is 4. The van der Waals surface area contributed by atoms with Crippen molar-refractivity contribution in [3.63, 3.8) is 0 Å². The molecular weight excluding hydrogens is 270 g/mol. The van der Waals surface area contributed by atoms with E-state index in [1.807, 2.05) is 4.90 Å². The summed E-state index contributed by atoms with van der Waals surface area (Å²) in [6.45, 7) is 3.78. The third-order valence-electron chi connectivity index (χ3n) is 4.71. The highest BCUT2D eigenvalue weighted by atomic mass is 16.5. The molecule has 2 aliphatic rings. The van der Waals surface area contributed by atoms with Gasteiger partial charge in [-0.1, -0.05) is 0 Å². The molecule has 0 aliphatic carbocycles. The summed E-state index contributed by atoms with van der Waals surface area (Å²) in [4.78, 5) is 27.0. The number of piperidine rings is 1. The van der Waals surface area contributed by atoms with E-state index in [1.54, 1.807) is 0 Å². The summed E-state index contributed by atoms with van der Waals surface area (Å²) in [7, 11) is 4.24. The third kappa shape index (κ3) is 4.17. The van der Waals surface area contributed by atoms with Crippen LogP contribution in [0.15, 0.2) is 0 Å². The second-order valence-electron chi connectivity index (χ2n) is 6.43. The minimum Gasteiger partial charge on any atom is -0.375 e. The van der Waals surface area contributed by atoms with Crippen LogP contribution in [-0.2, 0) is 14.3 Å². The molecule has 21 heavy (non-hydrogen) atoms. The maximum absolute atomic E-state index is 12.0. The maximum atomic E-state index is 12.0. The van der Waals surface area contributed by atoms with Gasteiger partial charge in [-0.2, -0.15) is 0 Å². The van der Waals surface area contributed by atoms with Gasteiger partial charge < -0.3 is 19.9 Å². The van der Waals surface area contributed by atoms with Crippen LogP contribution in [0, 0.1) is 0 Å². The molecule has 0 saturated carbocycles. The second kappa shape index (κ2) is 6.75. The van der Waals surface area contributed by atoms with E-state index < -0.39 is 0 Å². The lowest BCUT2D eigenvalue weighted by atomic mass is 9.82. The molecule has 2 heterocycles. The molecule has 2 fully saturated rings. The van der Waals surface area contributed by atoms with Crippen LogP contribution in [0.5, 0.6) is 0 Å². The fourth-order valence-electron chi connectivity index (χ4n) is 3.27. The molecule has 1 spiro atoms. The van der Waals surface area contributed by atoms with Crippen LogP contribution in [0.2, 0.25) is 0 Å². The van der Waals surface area contributed by atoms with Gasteiger partial charge in [-0.25, -0.2) is 0 Å². The molecule has 0 bridgehead atoms. The Bertz CT molecular complexity index is 390. The largest absolute Gasteiger partial charge is 0.375 e. The first kappa shape index (κ1) is 16.2. The number of hydrogen-bond donors (Lipinski definition) is 1. The summed E-state index contributed by atoms with van der Waals surface area (Å²) in [5, 5.41) is 2.57. The molecule has 2 rings (SSSR count). The SMILES string of the molecule is CC(=O)NCC(=O)N1CCC2(CC1)CC(N(C)C)CCO2. The number of nitrogens with one attached hydrogen (secondary N) is 1. The molecule has 1 N–H and O–H groups in total. The predicted octanol–water partition coefficient (Wildman–Crippen LogP) is 0.224. The first-order chi connectivity index (χ1) is 9.92. The molecule has 6 nitrogen and oxygen atoms in total. The molecule has 0 aromatic carbocycles. The van der Waals surface area contributed by atoms with Gasteiger partial charge in [-0.15, -0.1) is 0 Å². The fourth-order valence-corrected chi connectivity index (χ4v) is 3.27. The van der Waals surface area contributed by atoms with Crippen molar-refractivity contribution in [1.29, 1.82) is 0 Å². The van der Waals surface area contributed by atoms with Gasteiger partial charge in [-0.05, 0) is 39.8 Å². The van der Waals surface area contributed by atoms with Gasteiger partial charge in [0.25, 0.3) is 0 Å². The summed E-state index contributed by atoms with van der Waals surface area (Å²) in [5.41, 5.74) is -0.0576. The molecule has 0 aromatic heterocycles. The van der Waals surface area contributed by atoms with E-state index in [2.05, 4.69) is 24.3 Å². The topological polar surface area (TPSA) is 61.9 Å². The van der Waals surface area contributed by atoms with E-state index in [0.29, 0.717) is 6.04 Å². The average Bonchev–Trinajstić information content (AvgIpc) is 2.45. The number of carbonyl (C=O) groups is 2.